The fourth-order valence-corrected chi connectivity index (χ4v) is 2.45. The maximum atomic E-state index is 12.8. The molecule has 1 aliphatic heterocycles. The highest BCUT2D eigenvalue weighted by Gasteiger charge is 2.23. The van der Waals surface area contributed by atoms with Gasteiger partial charge in [-0.2, -0.15) is 0 Å². The van der Waals surface area contributed by atoms with Crippen LogP contribution in [0.15, 0.2) is 24.3 Å². The van der Waals surface area contributed by atoms with Crippen LogP contribution >= 0.6 is 0 Å². The second kappa shape index (κ2) is 6.70. The van der Waals surface area contributed by atoms with E-state index in [1.807, 2.05) is 7.05 Å². The van der Waals surface area contributed by atoms with Gasteiger partial charge in [-0.15, -0.1) is 0 Å². The van der Waals surface area contributed by atoms with E-state index in [2.05, 4.69) is 17.3 Å². The third-order valence-electron chi connectivity index (χ3n) is 3.91. The maximum Gasteiger partial charge on any atom is 0.317 e. The fourth-order valence-electron chi connectivity index (χ4n) is 2.45. The highest BCUT2D eigenvalue weighted by molar-refractivity contribution is 5.74. The third-order valence-corrected chi connectivity index (χ3v) is 3.91. The molecule has 0 saturated carbocycles. The summed E-state index contributed by atoms with van der Waals surface area (Å²) in [5.74, 6) is -0.261. The van der Waals surface area contributed by atoms with Crippen LogP contribution in [0, 0.1) is 5.82 Å². The summed E-state index contributed by atoms with van der Waals surface area (Å²) in [7, 11) is 3.95. The molecule has 2 rings (SSSR count). The van der Waals surface area contributed by atoms with Crippen LogP contribution in [-0.2, 0) is 6.54 Å². The van der Waals surface area contributed by atoms with Crippen LogP contribution in [0.2, 0.25) is 0 Å². The Balaban J connectivity index is 1.80. The monoisotopic (exact) mass is 279 g/mol. The first-order valence-electron chi connectivity index (χ1n) is 7.00. The van der Waals surface area contributed by atoms with E-state index in [-0.39, 0.29) is 11.8 Å². The molecule has 0 atom stereocenters. The lowest BCUT2D eigenvalue weighted by atomic mass is 10.0. The Morgan fingerprint density at radius 1 is 1.35 bits per heavy atom. The van der Waals surface area contributed by atoms with Gasteiger partial charge in [0, 0.05) is 19.6 Å². The van der Waals surface area contributed by atoms with Gasteiger partial charge < -0.3 is 15.1 Å². The van der Waals surface area contributed by atoms with E-state index in [0.717, 1.165) is 31.5 Å². The molecule has 1 fully saturated rings. The molecule has 1 aromatic carbocycles. The minimum Gasteiger partial charge on any atom is -0.334 e. The summed E-state index contributed by atoms with van der Waals surface area (Å²) in [6.07, 6.45) is 2.02. The standard InChI is InChI=1S/C15H22FN3O/c1-18-9-7-14(8-10-18)19(2)15(20)17-11-12-3-5-13(16)6-4-12/h3-6,14H,7-11H2,1-2H3,(H,17,20). The second-order valence-electron chi connectivity index (χ2n) is 5.43. The van der Waals surface area contributed by atoms with Gasteiger partial charge in [0.1, 0.15) is 5.82 Å². The lowest BCUT2D eigenvalue weighted by Crippen LogP contribution is -2.47. The number of urea groups is 1. The molecule has 1 aliphatic rings. The number of amides is 2. The molecule has 0 aromatic heterocycles. The number of nitrogens with one attached hydrogen (secondary N) is 1. The van der Waals surface area contributed by atoms with Gasteiger partial charge in [0.05, 0.1) is 0 Å². The molecule has 0 aliphatic carbocycles. The van der Waals surface area contributed by atoms with E-state index in [4.69, 9.17) is 0 Å². The third kappa shape index (κ3) is 3.93. The summed E-state index contributed by atoms with van der Waals surface area (Å²) in [6, 6.07) is 6.42. The van der Waals surface area contributed by atoms with Crippen molar-refractivity contribution in [1.82, 2.24) is 15.1 Å². The van der Waals surface area contributed by atoms with E-state index < -0.39 is 0 Å². The number of nitrogens with zero attached hydrogens (tertiary/aromatic N) is 2. The van der Waals surface area contributed by atoms with E-state index in [0.29, 0.717) is 12.6 Å². The van der Waals surface area contributed by atoms with Gasteiger partial charge >= 0.3 is 6.03 Å². The topological polar surface area (TPSA) is 35.6 Å². The fraction of sp³-hybridized carbons (Fsp3) is 0.533. The number of hydrogen-bond acceptors (Lipinski definition) is 2. The number of halogens is 1. The minimum atomic E-state index is -0.261. The van der Waals surface area contributed by atoms with Crippen molar-refractivity contribution in [3.63, 3.8) is 0 Å². The molecule has 1 heterocycles. The summed E-state index contributed by atoms with van der Waals surface area (Å²) in [5, 5.41) is 2.88. The van der Waals surface area contributed by atoms with Crippen molar-refractivity contribution in [2.75, 3.05) is 27.2 Å². The molecule has 2 amide bonds. The lowest BCUT2D eigenvalue weighted by molar-refractivity contribution is 0.147. The van der Waals surface area contributed by atoms with E-state index in [1.54, 1.807) is 17.0 Å². The van der Waals surface area contributed by atoms with E-state index in [9.17, 15) is 9.18 Å². The van der Waals surface area contributed by atoms with Crippen molar-refractivity contribution in [2.24, 2.45) is 0 Å². The zero-order valence-corrected chi connectivity index (χ0v) is 12.1. The molecule has 0 spiro atoms. The first-order chi connectivity index (χ1) is 9.56. The Morgan fingerprint density at radius 2 is 1.95 bits per heavy atom. The number of benzene rings is 1. The Hall–Kier alpha value is -1.62. The normalized spacial score (nSPS) is 16.9. The number of piperidine rings is 1. The summed E-state index contributed by atoms with van der Waals surface area (Å²) < 4.78 is 12.8. The lowest BCUT2D eigenvalue weighted by Gasteiger charge is -2.35. The predicted molar refractivity (Wildman–Crippen MR) is 76.9 cm³/mol. The number of rotatable bonds is 3. The van der Waals surface area contributed by atoms with Crippen molar-refractivity contribution >= 4 is 6.03 Å². The highest BCUT2D eigenvalue weighted by atomic mass is 19.1. The van der Waals surface area contributed by atoms with Crippen LogP contribution in [0.3, 0.4) is 0 Å². The first kappa shape index (κ1) is 14.8. The minimum absolute atomic E-state index is 0.0659. The van der Waals surface area contributed by atoms with E-state index in [1.165, 1.54) is 12.1 Å². The maximum absolute atomic E-state index is 12.8. The second-order valence-corrected chi connectivity index (χ2v) is 5.43. The zero-order valence-electron chi connectivity index (χ0n) is 12.1. The molecule has 0 radical (unpaired) electrons. The van der Waals surface area contributed by atoms with Gasteiger partial charge in [0.15, 0.2) is 0 Å². The quantitative estimate of drug-likeness (QED) is 0.919. The van der Waals surface area contributed by atoms with Crippen molar-refractivity contribution in [3.8, 4) is 0 Å². The summed E-state index contributed by atoms with van der Waals surface area (Å²) in [6.45, 7) is 2.48. The van der Waals surface area contributed by atoms with Crippen LogP contribution in [0.25, 0.3) is 0 Å². The Labute approximate surface area is 119 Å². The molecule has 1 N–H and O–H groups in total. The van der Waals surface area contributed by atoms with Crippen molar-refractivity contribution < 1.29 is 9.18 Å². The molecule has 4 nitrogen and oxygen atoms in total. The van der Waals surface area contributed by atoms with Crippen LogP contribution in [-0.4, -0.2) is 49.1 Å². The average Bonchev–Trinajstić information content (AvgIpc) is 2.46. The average molecular weight is 279 g/mol. The molecule has 1 aromatic rings. The summed E-state index contributed by atoms with van der Waals surface area (Å²) in [5.41, 5.74) is 0.900. The van der Waals surface area contributed by atoms with E-state index >= 15 is 0 Å². The largest absolute Gasteiger partial charge is 0.334 e. The molecule has 20 heavy (non-hydrogen) atoms. The SMILES string of the molecule is CN1CCC(N(C)C(=O)NCc2ccc(F)cc2)CC1. The van der Waals surface area contributed by atoms with Crippen molar-refractivity contribution in [2.45, 2.75) is 25.4 Å². The number of likely N-dealkylation sites (tertiary alicyclic amines) is 1. The first-order valence-corrected chi connectivity index (χ1v) is 7.00. The number of carbonyl (C=O) groups excluding carboxylic acids is 1. The van der Waals surface area contributed by atoms with Crippen molar-refractivity contribution in [3.05, 3.63) is 35.6 Å². The molecule has 5 heteroatoms. The molecule has 110 valence electrons. The summed E-state index contributed by atoms with van der Waals surface area (Å²) in [4.78, 5) is 16.2. The van der Waals surface area contributed by atoms with Crippen LogP contribution in [0.5, 0.6) is 0 Å². The van der Waals surface area contributed by atoms with Gasteiger partial charge in [-0.3, -0.25) is 0 Å². The molecule has 0 unspecified atom stereocenters. The number of carbonyl (C=O) groups is 1. The van der Waals surface area contributed by atoms with Gasteiger partial charge in [0.25, 0.3) is 0 Å². The van der Waals surface area contributed by atoms with Crippen LogP contribution in [0.4, 0.5) is 9.18 Å². The molecular formula is C15H22FN3O. The predicted octanol–water partition coefficient (Wildman–Crippen LogP) is 2.06. The van der Waals surface area contributed by atoms with Crippen LogP contribution < -0.4 is 5.32 Å². The summed E-state index contributed by atoms with van der Waals surface area (Å²) >= 11 is 0. The molecule has 1 saturated heterocycles. The Bertz CT molecular complexity index is 441. The van der Waals surface area contributed by atoms with Gasteiger partial charge in [0.2, 0.25) is 0 Å². The Kier molecular flexibility index (Phi) is 4.95. The zero-order chi connectivity index (χ0) is 14.5. The highest BCUT2D eigenvalue weighted by Crippen LogP contribution is 2.14. The Morgan fingerprint density at radius 3 is 2.55 bits per heavy atom. The smallest absolute Gasteiger partial charge is 0.317 e. The molecule has 0 bridgehead atoms. The van der Waals surface area contributed by atoms with Crippen LogP contribution in [0.1, 0.15) is 18.4 Å². The number of hydrogen-bond donors (Lipinski definition) is 1. The van der Waals surface area contributed by atoms with Gasteiger partial charge in [-0.1, -0.05) is 12.1 Å². The molecular weight excluding hydrogens is 257 g/mol. The van der Waals surface area contributed by atoms with Gasteiger partial charge in [-0.25, -0.2) is 9.18 Å². The van der Waals surface area contributed by atoms with Gasteiger partial charge in [-0.05, 0) is 50.7 Å². The van der Waals surface area contributed by atoms with Crippen molar-refractivity contribution in [1.29, 1.82) is 0 Å².